The van der Waals surface area contributed by atoms with Crippen molar-refractivity contribution >= 4 is 54.3 Å². The molecule has 0 amide bonds. The Morgan fingerprint density at radius 2 is 1.00 bits per heavy atom. The number of benzene rings is 7. The lowest BCUT2D eigenvalue weighted by Crippen LogP contribution is -1.92. The van der Waals surface area contributed by atoms with Gasteiger partial charge in [-0.1, -0.05) is 121 Å². The van der Waals surface area contributed by atoms with Crippen molar-refractivity contribution in [2.24, 2.45) is 0 Å². The maximum atomic E-state index is 6.44. The first kappa shape index (κ1) is 23.9. The number of fused-ring (bicyclic) bond motifs is 7. The Hall–Kier alpha value is -5.73. The summed E-state index contributed by atoms with van der Waals surface area (Å²) in [5.74, 6) is 0. The lowest BCUT2D eigenvalue weighted by atomic mass is 9.87. The monoisotopic (exact) mass is 547 g/mol. The fourth-order valence-electron chi connectivity index (χ4n) is 6.72. The standard InChI is InChI=1S/C41H25NO/c1-2-11-27(12-3-1)39-32-14-6-8-16-34(32)40(35-17-9-7-15-33(35)39)37-23-20-29(25-42-37)28-19-21-31-36-22-18-26-10-4-5-13-30(26)41(36)43-38(31)24-28/h1-25H. The fraction of sp³-hybridized carbons (Fsp3) is 0. The second-order valence-electron chi connectivity index (χ2n) is 11.1. The summed E-state index contributed by atoms with van der Waals surface area (Å²) in [6.45, 7) is 0. The number of hydrogen-bond acceptors (Lipinski definition) is 2. The molecule has 0 N–H and O–H groups in total. The minimum atomic E-state index is 0.890. The molecule has 9 aromatic rings. The topological polar surface area (TPSA) is 26.0 Å². The summed E-state index contributed by atoms with van der Waals surface area (Å²) in [6, 6.07) is 51.6. The number of nitrogens with zero attached hydrogens (tertiary/aromatic N) is 1. The van der Waals surface area contributed by atoms with Crippen LogP contribution in [0.5, 0.6) is 0 Å². The van der Waals surface area contributed by atoms with E-state index < -0.39 is 0 Å². The maximum absolute atomic E-state index is 6.44. The van der Waals surface area contributed by atoms with Crippen LogP contribution in [0, 0.1) is 0 Å². The highest BCUT2D eigenvalue weighted by Gasteiger charge is 2.17. The van der Waals surface area contributed by atoms with Crippen LogP contribution in [0.1, 0.15) is 0 Å². The molecule has 43 heavy (non-hydrogen) atoms. The van der Waals surface area contributed by atoms with E-state index in [4.69, 9.17) is 9.40 Å². The lowest BCUT2D eigenvalue weighted by Gasteiger charge is -2.17. The summed E-state index contributed by atoms with van der Waals surface area (Å²) < 4.78 is 6.44. The molecule has 0 aliphatic rings. The van der Waals surface area contributed by atoms with Gasteiger partial charge in [0.2, 0.25) is 0 Å². The summed E-state index contributed by atoms with van der Waals surface area (Å²) in [4.78, 5) is 5.06. The summed E-state index contributed by atoms with van der Waals surface area (Å²) in [6.07, 6.45) is 1.99. The highest BCUT2D eigenvalue weighted by Crippen LogP contribution is 2.43. The highest BCUT2D eigenvalue weighted by molar-refractivity contribution is 6.21. The molecule has 0 aliphatic heterocycles. The van der Waals surface area contributed by atoms with Gasteiger partial charge in [-0.15, -0.1) is 0 Å². The van der Waals surface area contributed by atoms with Gasteiger partial charge in [-0.3, -0.25) is 4.98 Å². The first-order valence-corrected chi connectivity index (χ1v) is 14.6. The van der Waals surface area contributed by atoms with Crippen LogP contribution in [0.15, 0.2) is 156 Å². The van der Waals surface area contributed by atoms with E-state index in [-0.39, 0.29) is 0 Å². The smallest absolute Gasteiger partial charge is 0.143 e. The number of hydrogen-bond donors (Lipinski definition) is 0. The van der Waals surface area contributed by atoms with Gasteiger partial charge in [-0.2, -0.15) is 0 Å². The zero-order valence-electron chi connectivity index (χ0n) is 23.3. The number of furan rings is 1. The predicted octanol–water partition coefficient (Wildman–Crippen LogP) is 11.4. The molecule has 0 unspecified atom stereocenters. The first-order chi connectivity index (χ1) is 21.3. The van der Waals surface area contributed by atoms with Crippen LogP contribution < -0.4 is 0 Å². The predicted molar refractivity (Wildman–Crippen MR) is 180 cm³/mol. The van der Waals surface area contributed by atoms with Gasteiger partial charge in [0.05, 0.1) is 5.69 Å². The van der Waals surface area contributed by atoms with E-state index in [0.717, 1.165) is 49.7 Å². The maximum Gasteiger partial charge on any atom is 0.143 e. The van der Waals surface area contributed by atoms with Gasteiger partial charge < -0.3 is 4.42 Å². The summed E-state index contributed by atoms with van der Waals surface area (Å²) in [5.41, 5.74) is 8.59. The lowest BCUT2D eigenvalue weighted by molar-refractivity contribution is 0.673. The Morgan fingerprint density at radius 1 is 0.395 bits per heavy atom. The molecular weight excluding hydrogens is 522 g/mol. The van der Waals surface area contributed by atoms with E-state index in [9.17, 15) is 0 Å². The molecule has 0 radical (unpaired) electrons. The molecule has 0 atom stereocenters. The molecule has 2 aromatic heterocycles. The van der Waals surface area contributed by atoms with Crippen molar-refractivity contribution in [2.75, 3.05) is 0 Å². The molecule has 0 aliphatic carbocycles. The average Bonchev–Trinajstić information content (AvgIpc) is 3.46. The minimum Gasteiger partial charge on any atom is -0.455 e. The molecule has 200 valence electrons. The number of pyridine rings is 1. The van der Waals surface area contributed by atoms with Crippen LogP contribution in [0.4, 0.5) is 0 Å². The van der Waals surface area contributed by atoms with Crippen LogP contribution in [-0.2, 0) is 0 Å². The molecule has 9 rings (SSSR count). The molecule has 0 saturated heterocycles. The van der Waals surface area contributed by atoms with E-state index in [1.54, 1.807) is 0 Å². The largest absolute Gasteiger partial charge is 0.455 e. The van der Waals surface area contributed by atoms with Crippen molar-refractivity contribution in [3.05, 3.63) is 152 Å². The van der Waals surface area contributed by atoms with Crippen LogP contribution in [0.2, 0.25) is 0 Å². The minimum absolute atomic E-state index is 0.890. The highest BCUT2D eigenvalue weighted by atomic mass is 16.3. The molecule has 7 aromatic carbocycles. The van der Waals surface area contributed by atoms with E-state index in [1.807, 2.05) is 6.20 Å². The van der Waals surface area contributed by atoms with E-state index >= 15 is 0 Å². The zero-order chi connectivity index (χ0) is 28.3. The molecule has 0 bridgehead atoms. The Kier molecular flexibility index (Phi) is 5.23. The number of rotatable bonds is 3. The van der Waals surface area contributed by atoms with Crippen LogP contribution in [-0.4, -0.2) is 4.98 Å². The normalized spacial score (nSPS) is 11.7. The third kappa shape index (κ3) is 3.70. The van der Waals surface area contributed by atoms with Gasteiger partial charge in [0.15, 0.2) is 0 Å². The van der Waals surface area contributed by atoms with Crippen molar-refractivity contribution in [3.8, 4) is 33.5 Å². The second-order valence-corrected chi connectivity index (χ2v) is 11.1. The quantitative estimate of drug-likeness (QED) is 0.206. The molecular formula is C41H25NO. The zero-order valence-corrected chi connectivity index (χ0v) is 23.3. The molecule has 0 fully saturated rings. The van der Waals surface area contributed by atoms with Gasteiger partial charge in [0.25, 0.3) is 0 Å². The third-order valence-corrected chi connectivity index (χ3v) is 8.71. The van der Waals surface area contributed by atoms with Crippen molar-refractivity contribution < 1.29 is 4.42 Å². The van der Waals surface area contributed by atoms with Crippen LogP contribution in [0.3, 0.4) is 0 Å². The SMILES string of the molecule is c1ccc(-c2c3ccccc3c(-c3ccc(-c4ccc5c(c4)oc4c6ccccc6ccc54)cn3)c3ccccc23)cc1. The Labute approximate surface area is 248 Å². The summed E-state index contributed by atoms with van der Waals surface area (Å²) >= 11 is 0. The Bertz CT molecular complexity index is 2430. The Balaban J connectivity index is 1.19. The van der Waals surface area contributed by atoms with Crippen molar-refractivity contribution in [1.82, 2.24) is 4.98 Å². The van der Waals surface area contributed by atoms with Crippen molar-refractivity contribution in [2.45, 2.75) is 0 Å². The fourth-order valence-corrected chi connectivity index (χ4v) is 6.72. The van der Waals surface area contributed by atoms with Gasteiger partial charge in [-0.05, 0) is 67.9 Å². The van der Waals surface area contributed by atoms with Gasteiger partial charge in [0.1, 0.15) is 11.2 Å². The molecule has 0 saturated carbocycles. The Morgan fingerprint density at radius 3 is 1.70 bits per heavy atom. The van der Waals surface area contributed by atoms with Crippen molar-refractivity contribution in [1.29, 1.82) is 0 Å². The first-order valence-electron chi connectivity index (χ1n) is 14.6. The molecule has 2 heterocycles. The molecule has 0 spiro atoms. The van der Waals surface area contributed by atoms with E-state index in [2.05, 4.69) is 146 Å². The van der Waals surface area contributed by atoms with Crippen LogP contribution in [0.25, 0.3) is 87.8 Å². The van der Waals surface area contributed by atoms with Crippen LogP contribution >= 0.6 is 0 Å². The van der Waals surface area contributed by atoms with E-state index in [0.29, 0.717) is 0 Å². The van der Waals surface area contributed by atoms with E-state index in [1.165, 1.54) is 38.1 Å². The number of aromatic nitrogens is 1. The summed E-state index contributed by atoms with van der Waals surface area (Å²) in [5, 5.41) is 9.48. The van der Waals surface area contributed by atoms with Gasteiger partial charge >= 0.3 is 0 Å². The van der Waals surface area contributed by atoms with Gasteiger partial charge in [-0.25, -0.2) is 0 Å². The average molecular weight is 548 g/mol. The van der Waals surface area contributed by atoms with Crippen molar-refractivity contribution in [3.63, 3.8) is 0 Å². The second kappa shape index (κ2) is 9.40. The molecule has 2 heteroatoms. The summed E-state index contributed by atoms with van der Waals surface area (Å²) in [7, 11) is 0. The van der Waals surface area contributed by atoms with Gasteiger partial charge in [0, 0.05) is 33.5 Å². The third-order valence-electron chi connectivity index (χ3n) is 8.71. The molecule has 2 nitrogen and oxygen atoms in total.